The van der Waals surface area contributed by atoms with Gasteiger partial charge in [-0.15, -0.1) is 0 Å². The highest BCUT2D eigenvalue weighted by atomic mass is 16.5. The van der Waals surface area contributed by atoms with Gasteiger partial charge in [-0.05, 0) is 39.0 Å². The molecule has 0 aliphatic rings. The molecule has 0 saturated heterocycles. The number of fused-ring (bicyclic) bond motifs is 1. The summed E-state index contributed by atoms with van der Waals surface area (Å²) >= 11 is 0. The Hall–Kier alpha value is -1.97. The van der Waals surface area contributed by atoms with Crippen molar-refractivity contribution in [2.75, 3.05) is 7.11 Å². The van der Waals surface area contributed by atoms with Crippen molar-refractivity contribution in [1.82, 2.24) is 4.57 Å². The van der Waals surface area contributed by atoms with Gasteiger partial charge in [0.1, 0.15) is 5.75 Å². The van der Waals surface area contributed by atoms with Crippen LogP contribution in [0.2, 0.25) is 0 Å². The quantitative estimate of drug-likeness (QED) is 0.830. The number of carbonyl (C=O) groups is 1. The zero-order valence-corrected chi connectivity index (χ0v) is 11.0. The van der Waals surface area contributed by atoms with Crippen molar-refractivity contribution in [2.24, 2.45) is 0 Å². The lowest BCUT2D eigenvalue weighted by molar-refractivity contribution is 0.0602. The minimum Gasteiger partial charge on any atom is -0.508 e. The third kappa shape index (κ3) is 1.74. The summed E-state index contributed by atoms with van der Waals surface area (Å²) < 4.78 is 6.89. The molecule has 0 aliphatic carbocycles. The van der Waals surface area contributed by atoms with E-state index in [0.29, 0.717) is 5.56 Å². The normalized spacial score (nSPS) is 11.2. The molecule has 96 valence electrons. The van der Waals surface area contributed by atoms with Gasteiger partial charge in [0.05, 0.1) is 12.7 Å². The van der Waals surface area contributed by atoms with E-state index in [2.05, 4.69) is 18.4 Å². The van der Waals surface area contributed by atoms with Crippen molar-refractivity contribution in [2.45, 2.75) is 26.8 Å². The first-order valence-electron chi connectivity index (χ1n) is 5.89. The average molecular weight is 247 g/mol. The van der Waals surface area contributed by atoms with E-state index in [1.165, 1.54) is 7.11 Å². The summed E-state index contributed by atoms with van der Waals surface area (Å²) in [6.07, 6.45) is 0. The molecular weight excluding hydrogens is 230 g/mol. The molecule has 0 unspecified atom stereocenters. The zero-order valence-electron chi connectivity index (χ0n) is 11.0. The van der Waals surface area contributed by atoms with Gasteiger partial charge in [0.25, 0.3) is 0 Å². The average Bonchev–Trinajstić information content (AvgIpc) is 2.59. The lowest BCUT2D eigenvalue weighted by atomic mass is 10.1. The maximum absolute atomic E-state index is 11.9. The first-order chi connectivity index (χ1) is 8.47. The summed E-state index contributed by atoms with van der Waals surface area (Å²) in [6, 6.07) is 5.29. The maximum atomic E-state index is 11.9. The van der Waals surface area contributed by atoms with Gasteiger partial charge in [0, 0.05) is 22.6 Å². The van der Waals surface area contributed by atoms with Crippen LogP contribution in [0.4, 0.5) is 0 Å². The van der Waals surface area contributed by atoms with Gasteiger partial charge in [0.2, 0.25) is 0 Å². The second-order valence-electron chi connectivity index (χ2n) is 4.62. The molecule has 18 heavy (non-hydrogen) atoms. The molecule has 0 saturated carbocycles. The van der Waals surface area contributed by atoms with Crippen LogP contribution in [0, 0.1) is 6.92 Å². The Morgan fingerprint density at radius 3 is 2.61 bits per heavy atom. The lowest BCUT2D eigenvalue weighted by Crippen LogP contribution is -2.06. The van der Waals surface area contributed by atoms with E-state index >= 15 is 0 Å². The Morgan fingerprint density at radius 2 is 2.06 bits per heavy atom. The van der Waals surface area contributed by atoms with Crippen molar-refractivity contribution in [3.05, 3.63) is 29.5 Å². The van der Waals surface area contributed by atoms with E-state index in [-0.39, 0.29) is 17.8 Å². The van der Waals surface area contributed by atoms with E-state index < -0.39 is 0 Å². The monoisotopic (exact) mass is 247 g/mol. The highest BCUT2D eigenvalue weighted by Gasteiger charge is 2.21. The standard InChI is InChI=1S/C14H17NO3/c1-8(2)15-9(3)13(14(17)18-4)11-7-10(16)5-6-12(11)15/h5-8,16H,1-4H3. The molecule has 0 aliphatic heterocycles. The molecule has 0 spiro atoms. The van der Waals surface area contributed by atoms with Crippen LogP contribution in [0.5, 0.6) is 5.75 Å². The lowest BCUT2D eigenvalue weighted by Gasteiger charge is -2.12. The summed E-state index contributed by atoms with van der Waals surface area (Å²) in [6.45, 7) is 6.00. The number of aromatic hydroxyl groups is 1. The van der Waals surface area contributed by atoms with Crippen LogP contribution in [0.3, 0.4) is 0 Å². The number of esters is 1. The SMILES string of the molecule is COC(=O)c1c(C)n(C(C)C)c2ccc(O)cc12. The van der Waals surface area contributed by atoms with Gasteiger partial charge in [-0.25, -0.2) is 4.79 Å². The third-order valence-electron chi connectivity index (χ3n) is 3.14. The molecule has 1 heterocycles. The molecule has 2 rings (SSSR count). The molecule has 0 amide bonds. The molecule has 4 nitrogen and oxygen atoms in total. The van der Waals surface area contributed by atoms with Gasteiger partial charge < -0.3 is 14.4 Å². The van der Waals surface area contributed by atoms with Gasteiger partial charge in [-0.3, -0.25) is 0 Å². The number of ether oxygens (including phenoxy) is 1. The van der Waals surface area contributed by atoms with Crippen LogP contribution in [-0.2, 0) is 4.74 Å². The first-order valence-corrected chi connectivity index (χ1v) is 5.89. The Bertz CT molecular complexity index is 611. The van der Waals surface area contributed by atoms with E-state index in [1.807, 2.05) is 13.0 Å². The summed E-state index contributed by atoms with van der Waals surface area (Å²) in [5.41, 5.74) is 2.32. The van der Waals surface area contributed by atoms with Crippen molar-refractivity contribution in [3.8, 4) is 5.75 Å². The number of hydrogen-bond donors (Lipinski definition) is 1. The van der Waals surface area contributed by atoms with E-state index in [1.54, 1.807) is 12.1 Å². The number of nitrogens with zero attached hydrogens (tertiary/aromatic N) is 1. The van der Waals surface area contributed by atoms with Gasteiger partial charge in [-0.1, -0.05) is 0 Å². The highest BCUT2D eigenvalue weighted by molar-refractivity contribution is 6.06. The maximum Gasteiger partial charge on any atom is 0.340 e. The van der Waals surface area contributed by atoms with E-state index in [4.69, 9.17) is 4.74 Å². The molecule has 2 aromatic rings. The number of benzene rings is 1. The van der Waals surface area contributed by atoms with Crippen LogP contribution < -0.4 is 0 Å². The predicted molar refractivity (Wildman–Crippen MR) is 70.1 cm³/mol. The topological polar surface area (TPSA) is 51.5 Å². The first kappa shape index (κ1) is 12.5. The van der Waals surface area contributed by atoms with E-state index in [0.717, 1.165) is 16.6 Å². The number of phenols is 1. The van der Waals surface area contributed by atoms with E-state index in [9.17, 15) is 9.90 Å². The van der Waals surface area contributed by atoms with Gasteiger partial charge in [0.15, 0.2) is 0 Å². The van der Waals surface area contributed by atoms with Crippen LogP contribution in [-0.4, -0.2) is 22.8 Å². The second-order valence-corrected chi connectivity index (χ2v) is 4.62. The highest BCUT2D eigenvalue weighted by Crippen LogP contribution is 2.31. The zero-order chi connectivity index (χ0) is 13.4. The van der Waals surface area contributed by atoms with Crippen LogP contribution >= 0.6 is 0 Å². The Kier molecular flexibility index (Phi) is 3.03. The number of carbonyl (C=O) groups excluding carboxylic acids is 1. The molecule has 1 N–H and O–H groups in total. The molecule has 4 heteroatoms. The predicted octanol–water partition coefficient (Wildman–Crippen LogP) is 3.02. The van der Waals surface area contributed by atoms with Gasteiger partial charge >= 0.3 is 5.97 Å². The molecule has 1 aromatic carbocycles. The van der Waals surface area contributed by atoms with Crippen LogP contribution in [0.15, 0.2) is 18.2 Å². The molecule has 0 radical (unpaired) electrons. The molecule has 0 atom stereocenters. The fourth-order valence-corrected chi connectivity index (χ4v) is 2.46. The molecule has 1 aromatic heterocycles. The molecule has 0 bridgehead atoms. The summed E-state index contributed by atoms with van der Waals surface area (Å²) in [5, 5.41) is 10.3. The number of methoxy groups -OCH3 is 1. The van der Waals surface area contributed by atoms with Crippen molar-refractivity contribution in [3.63, 3.8) is 0 Å². The number of hydrogen-bond acceptors (Lipinski definition) is 3. The van der Waals surface area contributed by atoms with Crippen molar-refractivity contribution >= 4 is 16.9 Å². The fraction of sp³-hybridized carbons (Fsp3) is 0.357. The minimum absolute atomic E-state index is 0.147. The van der Waals surface area contributed by atoms with Crippen LogP contribution in [0.1, 0.15) is 35.9 Å². The Morgan fingerprint density at radius 1 is 1.39 bits per heavy atom. The Balaban J connectivity index is 2.87. The second kappa shape index (κ2) is 4.37. The fourth-order valence-electron chi connectivity index (χ4n) is 2.46. The largest absolute Gasteiger partial charge is 0.508 e. The van der Waals surface area contributed by atoms with Crippen molar-refractivity contribution < 1.29 is 14.6 Å². The summed E-state index contributed by atoms with van der Waals surface area (Å²) in [7, 11) is 1.36. The summed E-state index contributed by atoms with van der Waals surface area (Å²) in [4.78, 5) is 11.9. The Labute approximate surface area is 106 Å². The minimum atomic E-state index is -0.373. The van der Waals surface area contributed by atoms with Crippen LogP contribution in [0.25, 0.3) is 10.9 Å². The molecule has 0 fully saturated rings. The number of rotatable bonds is 2. The smallest absolute Gasteiger partial charge is 0.340 e. The molecular formula is C14H17NO3. The third-order valence-corrected chi connectivity index (χ3v) is 3.14. The summed E-state index contributed by atoms with van der Waals surface area (Å²) in [5.74, 6) is -0.226. The number of aromatic nitrogens is 1. The van der Waals surface area contributed by atoms with Gasteiger partial charge in [-0.2, -0.15) is 0 Å². The van der Waals surface area contributed by atoms with Crippen molar-refractivity contribution in [1.29, 1.82) is 0 Å². The number of phenolic OH excluding ortho intramolecular Hbond substituents is 1.